The van der Waals surface area contributed by atoms with E-state index in [0.717, 1.165) is 11.6 Å². The summed E-state index contributed by atoms with van der Waals surface area (Å²) in [6, 6.07) is 7.78. The van der Waals surface area contributed by atoms with Gasteiger partial charge in [-0.3, -0.25) is 4.90 Å². The first-order valence-corrected chi connectivity index (χ1v) is 6.92. The summed E-state index contributed by atoms with van der Waals surface area (Å²) in [5, 5.41) is 0.738. The second kappa shape index (κ2) is 6.69. The van der Waals surface area contributed by atoms with Crippen LogP contribution in [0.2, 0.25) is 5.02 Å². The molecule has 112 valence electrons. The number of hydrogen-bond donors (Lipinski definition) is 1. The summed E-state index contributed by atoms with van der Waals surface area (Å²) in [6.07, 6.45) is 0. The van der Waals surface area contributed by atoms with Crippen molar-refractivity contribution < 1.29 is 0 Å². The molecule has 2 N–H and O–H groups in total. The second-order valence-corrected chi connectivity index (χ2v) is 5.54. The normalized spacial score (nSPS) is 10.9. The number of benzene rings is 1. The Morgan fingerprint density at radius 2 is 1.67 bits per heavy atom. The third-order valence-electron chi connectivity index (χ3n) is 2.86. The fourth-order valence-corrected chi connectivity index (χ4v) is 2.02. The molecule has 0 atom stereocenters. The Morgan fingerprint density at radius 3 is 2.29 bits per heavy atom. The maximum absolute atomic E-state index is 5.88. The maximum atomic E-state index is 5.88. The molecule has 0 unspecified atom stereocenters. The zero-order valence-electron chi connectivity index (χ0n) is 12.4. The number of nitrogen functional groups attached to an aromatic ring is 1. The maximum Gasteiger partial charge on any atom is 0.229 e. The minimum atomic E-state index is 0.239. The number of nitrogens with two attached hydrogens (primary N) is 1. The van der Waals surface area contributed by atoms with Crippen LogP contribution in [-0.4, -0.2) is 41.0 Å². The van der Waals surface area contributed by atoms with Gasteiger partial charge in [0.15, 0.2) is 0 Å². The van der Waals surface area contributed by atoms with Crippen molar-refractivity contribution in [1.29, 1.82) is 0 Å². The number of anilines is 2. The minimum absolute atomic E-state index is 0.239. The molecule has 1 aromatic heterocycles. The molecule has 0 bridgehead atoms. The lowest BCUT2D eigenvalue weighted by molar-refractivity contribution is 0.310. The molecule has 0 radical (unpaired) electrons. The molecular weight excluding hydrogens is 288 g/mol. The monoisotopic (exact) mass is 306 g/mol. The molecule has 0 amide bonds. The van der Waals surface area contributed by atoms with Crippen molar-refractivity contribution >= 4 is 23.5 Å². The van der Waals surface area contributed by atoms with Gasteiger partial charge in [0.1, 0.15) is 5.82 Å². The first-order chi connectivity index (χ1) is 9.94. The van der Waals surface area contributed by atoms with Gasteiger partial charge in [0.05, 0.1) is 6.54 Å². The number of aromatic nitrogens is 3. The highest BCUT2D eigenvalue weighted by molar-refractivity contribution is 6.30. The summed E-state index contributed by atoms with van der Waals surface area (Å²) < 4.78 is 0. The van der Waals surface area contributed by atoms with Crippen molar-refractivity contribution in [2.24, 2.45) is 0 Å². The van der Waals surface area contributed by atoms with E-state index >= 15 is 0 Å². The Kier molecular flexibility index (Phi) is 4.93. The van der Waals surface area contributed by atoms with Gasteiger partial charge in [-0.2, -0.15) is 15.0 Å². The van der Waals surface area contributed by atoms with Crippen LogP contribution in [0.5, 0.6) is 0 Å². The van der Waals surface area contributed by atoms with Crippen LogP contribution in [0.1, 0.15) is 11.4 Å². The molecule has 0 saturated carbocycles. The van der Waals surface area contributed by atoms with Crippen molar-refractivity contribution in [3.8, 4) is 0 Å². The van der Waals surface area contributed by atoms with Gasteiger partial charge in [-0.15, -0.1) is 0 Å². The molecular formula is C14H19ClN6. The molecule has 0 spiro atoms. The van der Waals surface area contributed by atoms with Gasteiger partial charge in [-0.1, -0.05) is 23.7 Å². The van der Waals surface area contributed by atoms with Crippen molar-refractivity contribution in [2.45, 2.75) is 13.1 Å². The summed E-state index contributed by atoms with van der Waals surface area (Å²) >= 11 is 5.88. The number of nitrogens with zero attached hydrogens (tertiary/aromatic N) is 5. The van der Waals surface area contributed by atoms with Crippen molar-refractivity contribution in [3.05, 3.63) is 40.7 Å². The van der Waals surface area contributed by atoms with E-state index in [2.05, 4.69) is 19.9 Å². The molecule has 7 heteroatoms. The van der Waals surface area contributed by atoms with Crippen LogP contribution in [0.3, 0.4) is 0 Å². The Labute approximate surface area is 129 Å². The topological polar surface area (TPSA) is 71.2 Å². The fourth-order valence-electron chi connectivity index (χ4n) is 1.89. The lowest BCUT2D eigenvalue weighted by Crippen LogP contribution is -2.21. The van der Waals surface area contributed by atoms with Crippen molar-refractivity contribution in [3.63, 3.8) is 0 Å². The quantitative estimate of drug-likeness (QED) is 0.908. The largest absolute Gasteiger partial charge is 0.368 e. The third-order valence-corrected chi connectivity index (χ3v) is 3.12. The smallest absolute Gasteiger partial charge is 0.229 e. The molecule has 21 heavy (non-hydrogen) atoms. The van der Waals surface area contributed by atoms with Crippen molar-refractivity contribution in [2.75, 3.05) is 31.8 Å². The summed E-state index contributed by atoms with van der Waals surface area (Å²) in [7, 11) is 5.75. The molecule has 0 aliphatic rings. The van der Waals surface area contributed by atoms with E-state index in [4.69, 9.17) is 17.3 Å². The Hall–Kier alpha value is -1.92. The van der Waals surface area contributed by atoms with Crippen LogP contribution < -0.4 is 10.6 Å². The first kappa shape index (κ1) is 15.5. The zero-order chi connectivity index (χ0) is 15.4. The van der Waals surface area contributed by atoms with Crippen LogP contribution in [0.25, 0.3) is 0 Å². The molecule has 0 saturated heterocycles. The lowest BCUT2D eigenvalue weighted by Gasteiger charge is -2.17. The van der Waals surface area contributed by atoms with E-state index in [-0.39, 0.29) is 5.95 Å². The number of halogens is 1. The predicted molar refractivity (Wildman–Crippen MR) is 85.2 cm³/mol. The fraction of sp³-hybridized carbons (Fsp3) is 0.357. The minimum Gasteiger partial charge on any atom is -0.368 e. The average Bonchev–Trinajstić information content (AvgIpc) is 2.40. The van der Waals surface area contributed by atoms with E-state index in [1.165, 1.54) is 5.56 Å². The lowest BCUT2D eigenvalue weighted by atomic mass is 10.2. The summed E-state index contributed by atoms with van der Waals surface area (Å²) in [4.78, 5) is 16.6. The van der Waals surface area contributed by atoms with E-state index in [0.29, 0.717) is 18.3 Å². The number of rotatable bonds is 5. The van der Waals surface area contributed by atoms with Gasteiger partial charge in [0, 0.05) is 25.7 Å². The highest BCUT2D eigenvalue weighted by Gasteiger charge is 2.09. The molecule has 0 aliphatic carbocycles. The summed E-state index contributed by atoms with van der Waals surface area (Å²) in [5.74, 6) is 1.46. The van der Waals surface area contributed by atoms with E-state index in [1.807, 2.05) is 45.4 Å². The van der Waals surface area contributed by atoms with Crippen LogP contribution in [0.15, 0.2) is 24.3 Å². The van der Waals surface area contributed by atoms with Crippen LogP contribution in [0, 0.1) is 0 Å². The molecule has 0 aliphatic heterocycles. The molecule has 0 fully saturated rings. The molecule has 2 rings (SSSR count). The highest BCUT2D eigenvalue weighted by Crippen LogP contribution is 2.12. The predicted octanol–water partition coefficient (Wildman–Crippen LogP) is 1.81. The van der Waals surface area contributed by atoms with Crippen LogP contribution in [-0.2, 0) is 13.1 Å². The SMILES string of the molecule is CN(Cc1ccc(Cl)cc1)Cc1nc(N)nc(N(C)C)n1. The first-order valence-electron chi connectivity index (χ1n) is 6.55. The van der Waals surface area contributed by atoms with Gasteiger partial charge < -0.3 is 10.6 Å². The second-order valence-electron chi connectivity index (χ2n) is 5.10. The van der Waals surface area contributed by atoms with Crippen LogP contribution in [0.4, 0.5) is 11.9 Å². The third kappa shape index (κ3) is 4.54. The van der Waals surface area contributed by atoms with E-state index in [9.17, 15) is 0 Å². The molecule has 1 aromatic carbocycles. The van der Waals surface area contributed by atoms with Gasteiger partial charge in [-0.05, 0) is 24.7 Å². The molecule has 2 aromatic rings. The van der Waals surface area contributed by atoms with Gasteiger partial charge in [0.2, 0.25) is 11.9 Å². The Balaban J connectivity index is 2.05. The Bertz CT molecular complexity index is 599. The van der Waals surface area contributed by atoms with Gasteiger partial charge in [0.25, 0.3) is 0 Å². The molecule has 6 nitrogen and oxygen atoms in total. The van der Waals surface area contributed by atoms with E-state index < -0.39 is 0 Å². The summed E-state index contributed by atoms with van der Waals surface area (Å²) in [5.41, 5.74) is 6.90. The van der Waals surface area contributed by atoms with Crippen LogP contribution >= 0.6 is 11.6 Å². The van der Waals surface area contributed by atoms with Gasteiger partial charge in [-0.25, -0.2) is 0 Å². The summed E-state index contributed by atoms with van der Waals surface area (Å²) in [6.45, 7) is 1.37. The highest BCUT2D eigenvalue weighted by atomic mass is 35.5. The number of hydrogen-bond acceptors (Lipinski definition) is 6. The zero-order valence-corrected chi connectivity index (χ0v) is 13.2. The van der Waals surface area contributed by atoms with Gasteiger partial charge >= 0.3 is 0 Å². The average molecular weight is 307 g/mol. The van der Waals surface area contributed by atoms with Crippen molar-refractivity contribution in [1.82, 2.24) is 19.9 Å². The molecule has 1 heterocycles. The standard InChI is InChI=1S/C14H19ClN6/c1-20(2)14-18-12(17-13(16)19-14)9-21(3)8-10-4-6-11(15)7-5-10/h4-7H,8-9H2,1-3H3,(H2,16,17,18,19). The van der Waals surface area contributed by atoms with E-state index in [1.54, 1.807) is 4.90 Å². The Morgan fingerprint density at radius 1 is 1.00 bits per heavy atom.